The Kier molecular flexibility index (Phi) is 5.04. The summed E-state index contributed by atoms with van der Waals surface area (Å²) in [5.41, 5.74) is 11.6. The fourth-order valence-corrected chi connectivity index (χ4v) is 3.62. The van der Waals surface area contributed by atoms with Crippen LogP contribution in [-0.4, -0.2) is 36.7 Å². The molecule has 0 aliphatic carbocycles. The summed E-state index contributed by atoms with van der Waals surface area (Å²) in [6.07, 6.45) is 2.33. The molecule has 1 aliphatic heterocycles. The topological polar surface area (TPSA) is 113 Å². The van der Waals surface area contributed by atoms with Crippen LogP contribution in [0, 0.1) is 0 Å². The van der Waals surface area contributed by atoms with Gasteiger partial charge in [-0.25, -0.2) is 5.01 Å². The molecule has 8 heteroatoms. The van der Waals surface area contributed by atoms with E-state index in [1.165, 1.54) is 0 Å². The van der Waals surface area contributed by atoms with E-state index in [1.54, 1.807) is 11.0 Å². The molecule has 8 nitrogen and oxygen atoms in total. The summed E-state index contributed by atoms with van der Waals surface area (Å²) in [6, 6.07) is 11.4. The molecule has 1 aromatic heterocycles. The molecule has 1 aliphatic rings. The molecule has 2 aromatic carbocycles. The molecule has 1 unspecified atom stereocenters. The molecule has 1 atom stereocenters. The van der Waals surface area contributed by atoms with Gasteiger partial charge in [-0.1, -0.05) is 18.2 Å². The quantitative estimate of drug-likeness (QED) is 0.581. The van der Waals surface area contributed by atoms with Crippen LogP contribution in [0.1, 0.15) is 34.7 Å². The van der Waals surface area contributed by atoms with Crippen LogP contribution in [0.5, 0.6) is 0 Å². The highest BCUT2D eigenvalue weighted by Gasteiger charge is 2.27. The number of anilines is 2. The van der Waals surface area contributed by atoms with Gasteiger partial charge in [-0.15, -0.1) is 5.10 Å². The number of hydrogen-bond donors (Lipinski definition) is 3. The number of nitrogen functional groups attached to an aromatic ring is 1. The van der Waals surface area contributed by atoms with Gasteiger partial charge in [0.15, 0.2) is 0 Å². The molecule has 29 heavy (non-hydrogen) atoms. The van der Waals surface area contributed by atoms with Crippen molar-refractivity contribution in [2.24, 2.45) is 12.1 Å². The normalized spacial score (nSPS) is 16.3. The second kappa shape index (κ2) is 7.65. The van der Waals surface area contributed by atoms with E-state index in [0.29, 0.717) is 23.6 Å². The summed E-state index contributed by atoms with van der Waals surface area (Å²) in [5.74, 6) is 0.519. The van der Waals surface area contributed by atoms with E-state index in [2.05, 4.69) is 17.0 Å². The molecule has 4 N–H and O–H groups in total. The number of aryl methyl sites for hydroxylation is 1. The van der Waals surface area contributed by atoms with Crippen molar-refractivity contribution >= 4 is 17.3 Å². The van der Waals surface area contributed by atoms with Crippen molar-refractivity contribution in [2.75, 3.05) is 10.7 Å². The molecule has 0 saturated carbocycles. The van der Waals surface area contributed by atoms with E-state index in [4.69, 9.17) is 10.8 Å². The molecule has 0 fully saturated rings. The first-order valence-corrected chi connectivity index (χ1v) is 9.46. The number of nitrogens with zero attached hydrogens (tertiary/aromatic N) is 5. The Labute approximate surface area is 168 Å². The van der Waals surface area contributed by atoms with Gasteiger partial charge < -0.3 is 15.9 Å². The van der Waals surface area contributed by atoms with Crippen LogP contribution in [0.2, 0.25) is 0 Å². The Hall–Kier alpha value is -3.23. The molecular formula is C21H24N6O2. The molecule has 4 rings (SSSR count). The lowest BCUT2D eigenvalue weighted by Gasteiger charge is -2.21. The van der Waals surface area contributed by atoms with Crippen molar-refractivity contribution < 1.29 is 10.2 Å². The lowest BCUT2D eigenvalue weighted by atomic mass is 9.90. The molecule has 150 valence electrons. The predicted molar refractivity (Wildman–Crippen MR) is 111 cm³/mol. The van der Waals surface area contributed by atoms with E-state index >= 15 is 0 Å². The molecule has 0 radical (unpaired) electrons. The fourth-order valence-electron chi connectivity index (χ4n) is 3.62. The first kappa shape index (κ1) is 19.1. The SMILES string of the molecule is CC1Cc2cc(CO)c(CO)cc2C(c2ccc(N)cc2)=NN1c1ncn(C)n1. The van der Waals surface area contributed by atoms with E-state index in [-0.39, 0.29) is 19.3 Å². The Bertz CT molecular complexity index is 1060. The van der Waals surface area contributed by atoms with Gasteiger partial charge in [-0.3, -0.25) is 4.68 Å². The predicted octanol–water partition coefficient (Wildman–Crippen LogP) is 1.59. The fraction of sp³-hybridized carbons (Fsp3) is 0.286. The number of aliphatic hydroxyl groups is 2. The largest absolute Gasteiger partial charge is 0.399 e. The average molecular weight is 392 g/mol. The van der Waals surface area contributed by atoms with Crippen molar-refractivity contribution in [1.82, 2.24) is 14.8 Å². The molecule has 0 saturated heterocycles. The lowest BCUT2D eigenvalue weighted by molar-refractivity contribution is 0.260. The van der Waals surface area contributed by atoms with Crippen LogP contribution < -0.4 is 10.7 Å². The standard InChI is InChI=1S/C21H24N6O2/c1-13-7-15-8-16(10-28)17(11-29)9-19(15)20(14-3-5-18(22)6-4-14)24-27(13)21-23-12-26(2)25-21/h3-6,8-9,12-13,28-29H,7,10-11,22H2,1-2H3. The number of aromatic nitrogens is 3. The van der Waals surface area contributed by atoms with E-state index in [1.807, 2.05) is 48.5 Å². The maximum Gasteiger partial charge on any atom is 0.265 e. The zero-order chi connectivity index (χ0) is 20.5. The van der Waals surface area contributed by atoms with Gasteiger partial charge in [0.25, 0.3) is 5.95 Å². The third-order valence-corrected chi connectivity index (χ3v) is 5.14. The zero-order valence-corrected chi connectivity index (χ0v) is 16.4. The highest BCUT2D eigenvalue weighted by Crippen LogP contribution is 2.29. The second-order valence-electron chi connectivity index (χ2n) is 7.28. The summed E-state index contributed by atoms with van der Waals surface area (Å²) in [5, 5.41) is 30.7. The van der Waals surface area contributed by atoms with Crippen molar-refractivity contribution in [3.63, 3.8) is 0 Å². The number of hydrazone groups is 1. The Morgan fingerprint density at radius 1 is 1.10 bits per heavy atom. The number of aliphatic hydroxyl groups excluding tert-OH is 2. The molecule has 2 heterocycles. The third kappa shape index (κ3) is 3.59. The van der Waals surface area contributed by atoms with Gasteiger partial charge in [0.05, 0.1) is 25.0 Å². The summed E-state index contributed by atoms with van der Waals surface area (Å²) >= 11 is 0. The Balaban J connectivity index is 1.93. The van der Waals surface area contributed by atoms with Gasteiger partial charge in [-0.2, -0.15) is 10.1 Å². The van der Waals surface area contributed by atoms with Crippen molar-refractivity contribution in [2.45, 2.75) is 32.6 Å². The van der Waals surface area contributed by atoms with Gasteiger partial charge >= 0.3 is 0 Å². The molecule has 0 bridgehead atoms. The number of rotatable bonds is 4. The van der Waals surface area contributed by atoms with Gasteiger partial charge in [0.2, 0.25) is 0 Å². The smallest absolute Gasteiger partial charge is 0.265 e. The Morgan fingerprint density at radius 3 is 2.41 bits per heavy atom. The van der Waals surface area contributed by atoms with Crippen LogP contribution in [0.3, 0.4) is 0 Å². The first-order valence-electron chi connectivity index (χ1n) is 9.46. The van der Waals surface area contributed by atoms with Crippen LogP contribution in [0.15, 0.2) is 47.8 Å². The highest BCUT2D eigenvalue weighted by molar-refractivity contribution is 6.14. The van der Waals surface area contributed by atoms with Crippen molar-refractivity contribution in [3.05, 3.63) is 70.5 Å². The van der Waals surface area contributed by atoms with Crippen LogP contribution in [0.25, 0.3) is 0 Å². The van der Waals surface area contributed by atoms with Crippen LogP contribution in [0.4, 0.5) is 11.6 Å². The summed E-state index contributed by atoms with van der Waals surface area (Å²) in [4.78, 5) is 4.37. The number of fused-ring (bicyclic) bond motifs is 1. The minimum Gasteiger partial charge on any atom is -0.399 e. The second-order valence-corrected chi connectivity index (χ2v) is 7.28. The number of hydrogen-bond acceptors (Lipinski definition) is 7. The zero-order valence-electron chi connectivity index (χ0n) is 16.4. The molecule has 0 amide bonds. The Morgan fingerprint density at radius 2 is 1.79 bits per heavy atom. The maximum atomic E-state index is 9.80. The van der Waals surface area contributed by atoms with Crippen LogP contribution >= 0.6 is 0 Å². The lowest BCUT2D eigenvalue weighted by Crippen LogP contribution is -2.30. The van der Waals surface area contributed by atoms with Gasteiger partial charge in [0, 0.05) is 23.9 Å². The maximum absolute atomic E-state index is 9.80. The summed E-state index contributed by atoms with van der Waals surface area (Å²) in [7, 11) is 1.82. The molecule has 0 spiro atoms. The third-order valence-electron chi connectivity index (χ3n) is 5.14. The van der Waals surface area contributed by atoms with E-state index in [9.17, 15) is 10.2 Å². The van der Waals surface area contributed by atoms with E-state index < -0.39 is 0 Å². The van der Waals surface area contributed by atoms with Crippen molar-refractivity contribution in [3.8, 4) is 0 Å². The summed E-state index contributed by atoms with van der Waals surface area (Å²) in [6.45, 7) is 1.78. The molecular weight excluding hydrogens is 368 g/mol. The average Bonchev–Trinajstić information content (AvgIpc) is 3.09. The van der Waals surface area contributed by atoms with Gasteiger partial charge in [-0.05, 0) is 48.2 Å². The van der Waals surface area contributed by atoms with Crippen LogP contribution in [-0.2, 0) is 26.7 Å². The number of nitrogens with two attached hydrogens (primary N) is 1. The first-order chi connectivity index (χ1) is 14.0. The van der Waals surface area contributed by atoms with E-state index in [0.717, 1.165) is 28.0 Å². The minimum atomic E-state index is -0.154. The highest BCUT2D eigenvalue weighted by atomic mass is 16.3. The number of benzene rings is 2. The van der Waals surface area contributed by atoms with Crippen molar-refractivity contribution in [1.29, 1.82) is 0 Å². The van der Waals surface area contributed by atoms with Gasteiger partial charge in [0.1, 0.15) is 6.33 Å². The monoisotopic (exact) mass is 392 g/mol. The summed E-state index contributed by atoms with van der Waals surface area (Å²) < 4.78 is 1.65. The molecule has 3 aromatic rings. The minimum absolute atomic E-state index is 0.00560.